The molecule has 0 radical (unpaired) electrons. The number of aromatic carboxylic acids is 1. The first-order chi connectivity index (χ1) is 9.65. The quantitative estimate of drug-likeness (QED) is 0.725. The Balaban J connectivity index is 2.14. The van der Waals surface area contributed by atoms with Crippen LogP contribution in [0.2, 0.25) is 0 Å². The second-order valence-corrected chi connectivity index (χ2v) is 4.43. The van der Waals surface area contributed by atoms with Gasteiger partial charge in [0.05, 0.1) is 23.6 Å². The van der Waals surface area contributed by atoms with E-state index in [0.29, 0.717) is 17.1 Å². The first kappa shape index (κ1) is 12.2. The Kier molecular flexibility index (Phi) is 2.87. The topological polar surface area (TPSA) is 71.1 Å². The lowest BCUT2D eigenvalue weighted by Gasteiger charge is -2.07. The number of benzene rings is 1. The van der Waals surface area contributed by atoms with Gasteiger partial charge in [0.15, 0.2) is 5.76 Å². The fourth-order valence-electron chi connectivity index (χ4n) is 1.95. The van der Waals surface area contributed by atoms with E-state index in [-0.39, 0.29) is 5.69 Å². The van der Waals surface area contributed by atoms with Gasteiger partial charge in [-0.2, -0.15) is 5.10 Å². The molecule has 3 aromatic rings. The minimum atomic E-state index is -1.28. The number of carboxylic acids is 1. The Labute approximate surface area is 115 Å². The van der Waals surface area contributed by atoms with Crippen LogP contribution in [-0.4, -0.2) is 15.7 Å². The zero-order valence-electron chi connectivity index (χ0n) is 10.7. The van der Waals surface area contributed by atoms with Crippen LogP contribution < -0.4 is 5.11 Å². The van der Waals surface area contributed by atoms with Crippen molar-refractivity contribution in [2.75, 3.05) is 0 Å². The van der Waals surface area contributed by atoms with Crippen LogP contribution in [0.25, 0.3) is 17.1 Å². The molecule has 2 heterocycles. The highest BCUT2D eigenvalue weighted by atomic mass is 16.4. The van der Waals surface area contributed by atoms with Crippen molar-refractivity contribution < 1.29 is 14.3 Å². The molecule has 0 atom stereocenters. The highest BCUT2D eigenvalue weighted by Gasteiger charge is 2.13. The zero-order chi connectivity index (χ0) is 14.1. The average Bonchev–Trinajstić information content (AvgIpc) is 3.08. The van der Waals surface area contributed by atoms with Crippen LogP contribution >= 0.6 is 0 Å². The van der Waals surface area contributed by atoms with Crippen molar-refractivity contribution in [1.82, 2.24) is 9.78 Å². The molecule has 0 amide bonds. The number of carbonyl (C=O) groups excluding carboxylic acids is 1. The van der Waals surface area contributed by atoms with Crippen LogP contribution in [0.15, 0.2) is 53.1 Å². The SMILES string of the molecule is Cc1ccc(-n2nc(-c3ccco3)cc2C(=O)[O-])cc1. The summed E-state index contributed by atoms with van der Waals surface area (Å²) < 4.78 is 6.57. The molecular weight excluding hydrogens is 256 g/mol. The number of rotatable bonds is 3. The van der Waals surface area contributed by atoms with E-state index in [1.165, 1.54) is 17.0 Å². The molecule has 1 aromatic carbocycles. The number of hydrogen-bond donors (Lipinski definition) is 0. The summed E-state index contributed by atoms with van der Waals surface area (Å²) in [7, 11) is 0. The average molecular weight is 267 g/mol. The lowest BCUT2D eigenvalue weighted by atomic mass is 10.2. The smallest absolute Gasteiger partial charge is 0.154 e. The summed E-state index contributed by atoms with van der Waals surface area (Å²) in [5.74, 6) is -0.769. The zero-order valence-corrected chi connectivity index (χ0v) is 10.7. The minimum absolute atomic E-state index is 0.0137. The van der Waals surface area contributed by atoms with Gasteiger partial charge < -0.3 is 14.3 Å². The molecule has 0 aliphatic rings. The molecule has 5 nitrogen and oxygen atoms in total. The van der Waals surface area contributed by atoms with Crippen LogP contribution in [0.4, 0.5) is 0 Å². The number of aromatic nitrogens is 2. The molecule has 0 aliphatic carbocycles. The maximum absolute atomic E-state index is 11.2. The fourth-order valence-corrected chi connectivity index (χ4v) is 1.95. The molecule has 0 unspecified atom stereocenters. The lowest BCUT2D eigenvalue weighted by molar-refractivity contribution is -0.255. The number of furan rings is 1. The van der Waals surface area contributed by atoms with Gasteiger partial charge in [-0.25, -0.2) is 4.68 Å². The molecule has 0 fully saturated rings. The third kappa shape index (κ3) is 2.09. The largest absolute Gasteiger partial charge is 0.543 e. The van der Waals surface area contributed by atoms with Crippen LogP contribution in [0, 0.1) is 6.92 Å². The van der Waals surface area contributed by atoms with E-state index in [1.807, 2.05) is 19.1 Å². The number of carboxylic acid groups (broad SMARTS) is 1. The predicted molar refractivity (Wildman–Crippen MR) is 70.3 cm³/mol. The second-order valence-electron chi connectivity index (χ2n) is 4.43. The number of hydrogen-bond acceptors (Lipinski definition) is 4. The van der Waals surface area contributed by atoms with Crippen molar-refractivity contribution >= 4 is 5.97 Å². The molecule has 0 spiro atoms. The van der Waals surface area contributed by atoms with E-state index in [1.54, 1.807) is 24.3 Å². The van der Waals surface area contributed by atoms with Crippen LogP contribution in [0.1, 0.15) is 16.1 Å². The van der Waals surface area contributed by atoms with E-state index >= 15 is 0 Å². The van der Waals surface area contributed by atoms with Gasteiger partial charge >= 0.3 is 0 Å². The first-order valence-electron chi connectivity index (χ1n) is 6.07. The van der Waals surface area contributed by atoms with Crippen LogP contribution in [0.3, 0.4) is 0 Å². The van der Waals surface area contributed by atoms with Crippen molar-refractivity contribution in [1.29, 1.82) is 0 Å². The number of nitrogens with zero attached hydrogens (tertiary/aromatic N) is 2. The van der Waals surface area contributed by atoms with Gasteiger partial charge in [0, 0.05) is 0 Å². The molecule has 3 rings (SSSR count). The summed E-state index contributed by atoms with van der Waals surface area (Å²) in [6.45, 7) is 1.96. The highest BCUT2D eigenvalue weighted by Crippen LogP contribution is 2.22. The Bertz CT molecular complexity index is 740. The van der Waals surface area contributed by atoms with Gasteiger partial charge in [-0.3, -0.25) is 0 Å². The van der Waals surface area contributed by atoms with E-state index in [4.69, 9.17) is 4.42 Å². The van der Waals surface area contributed by atoms with Gasteiger partial charge in [0.1, 0.15) is 5.69 Å². The van der Waals surface area contributed by atoms with E-state index in [2.05, 4.69) is 5.10 Å². The van der Waals surface area contributed by atoms with Crippen LogP contribution in [-0.2, 0) is 0 Å². The normalized spacial score (nSPS) is 10.7. The summed E-state index contributed by atoms with van der Waals surface area (Å²) in [4.78, 5) is 11.2. The fraction of sp³-hybridized carbons (Fsp3) is 0.0667. The molecule has 0 aliphatic heterocycles. The van der Waals surface area contributed by atoms with Crippen molar-refractivity contribution in [3.63, 3.8) is 0 Å². The summed E-state index contributed by atoms with van der Waals surface area (Å²) in [6, 6.07) is 12.3. The molecule has 0 saturated heterocycles. The third-order valence-electron chi connectivity index (χ3n) is 2.97. The number of carbonyl (C=O) groups is 1. The van der Waals surface area contributed by atoms with Crippen molar-refractivity contribution in [3.05, 3.63) is 60.0 Å². The Hall–Kier alpha value is -2.82. The molecule has 2 aromatic heterocycles. The predicted octanol–water partition coefficient (Wildman–Crippen LogP) is 1.80. The molecule has 0 N–H and O–H groups in total. The Morgan fingerprint density at radius 1 is 1.25 bits per heavy atom. The van der Waals surface area contributed by atoms with Gasteiger partial charge in [-0.1, -0.05) is 17.7 Å². The third-order valence-corrected chi connectivity index (χ3v) is 2.97. The molecule has 5 heteroatoms. The van der Waals surface area contributed by atoms with E-state index in [9.17, 15) is 9.90 Å². The van der Waals surface area contributed by atoms with Gasteiger partial charge in [-0.05, 0) is 37.3 Å². The van der Waals surface area contributed by atoms with Crippen LogP contribution in [0.5, 0.6) is 0 Å². The molecule has 20 heavy (non-hydrogen) atoms. The monoisotopic (exact) mass is 267 g/mol. The highest BCUT2D eigenvalue weighted by molar-refractivity contribution is 5.86. The maximum atomic E-state index is 11.2. The summed E-state index contributed by atoms with van der Waals surface area (Å²) in [5.41, 5.74) is 2.18. The molecule has 0 bridgehead atoms. The molecular formula is C15H11N2O3-. The summed E-state index contributed by atoms with van der Waals surface area (Å²) in [5, 5.41) is 15.5. The summed E-state index contributed by atoms with van der Waals surface area (Å²) >= 11 is 0. The van der Waals surface area contributed by atoms with Gasteiger partial charge in [0.25, 0.3) is 0 Å². The van der Waals surface area contributed by atoms with E-state index in [0.717, 1.165) is 5.56 Å². The van der Waals surface area contributed by atoms with Crippen molar-refractivity contribution in [2.45, 2.75) is 6.92 Å². The van der Waals surface area contributed by atoms with E-state index < -0.39 is 5.97 Å². The lowest BCUT2D eigenvalue weighted by Crippen LogP contribution is -2.25. The molecule has 100 valence electrons. The maximum Gasteiger partial charge on any atom is 0.154 e. The summed E-state index contributed by atoms with van der Waals surface area (Å²) in [6.07, 6.45) is 1.51. The number of aryl methyl sites for hydroxylation is 1. The van der Waals surface area contributed by atoms with Gasteiger partial charge in [-0.15, -0.1) is 0 Å². The van der Waals surface area contributed by atoms with Gasteiger partial charge in [0.2, 0.25) is 0 Å². The Morgan fingerprint density at radius 3 is 2.60 bits per heavy atom. The van der Waals surface area contributed by atoms with Crippen molar-refractivity contribution in [3.8, 4) is 17.1 Å². The van der Waals surface area contributed by atoms with Crippen molar-refractivity contribution in [2.24, 2.45) is 0 Å². The minimum Gasteiger partial charge on any atom is -0.543 e. The Morgan fingerprint density at radius 2 is 2.00 bits per heavy atom. The second kappa shape index (κ2) is 4.70. The first-order valence-corrected chi connectivity index (χ1v) is 6.07. The standard InChI is InChI=1S/C15H12N2O3/c1-10-4-6-11(7-5-10)17-13(15(18)19)9-12(16-17)14-3-2-8-20-14/h2-9H,1H3,(H,18,19)/p-1. The molecule has 0 saturated carbocycles.